The summed E-state index contributed by atoms with van der Waals surface area (Å²) in [5.41, 5.74) is 2.81. The second-order valence-corrected chi connectivity index (χ2v) is 6.44. The van der Waals surface area contributed by atoms with Crippen molar-refractivity contribution in [2.45, 2.75) is 25.3 Å². The Kier molecular flexibility index (Phi) is 6.61. The lowest BCUT2D eigenvalue weighted by Crippen LogP contribution is -2.38. The molecule has 1 aromatic heterocycles. The molecule has 0 fully saturated rings. The van der Waals surface area contributed by atoms with Crippen molar-refractivity contribution in [2.24, 2.45) is 0 Å². The standard InChI is InChI=1S/C18H22FN3OS/c1-13(14-5-4-8-20-10-14)22(2)18(23)21-11-15-6-7-17(19)9-16(15)12-24-3/h4-10,13H,11-12H2,1-3H3,(H,21,23)/t13-/m1/s1. The Hall–Kier alpha value is -2.08. The molecule has 2 amide bonds. The number of benzene rings is 1. The predicted octanol–water partition coefficient (Wildman–Crippen LogP) is 3.99. The van der Waals surface area contributed by atoms with E-state index in [1.807, 2.05) is 25.3 Å². The van der Waals surface area contributed by atoms with Gasteiger partial charge in [0.25, 0.3) is 0 Å². The molecule has 1 N–H and O–H groups in total. The van der Waals surface area contributed by atoms with E-state index in [1.54, 1.807) is 42.2 Å². The fourth-order valence-corrected chi connectivity index (χ4v) is 2.95. The summed E-state index contributed by atoms with van der Waals surface area (Å²) in [6.45, 7) is 2.33. The number of carbonyl (C=O) groups excluding carboxylic acids is 1. The lowest BCUT2D eigenvalue weighted by atomic mass is 10.1. The second kappa shape index (κ2) is 8.68. The van der Waals surface area contributed by atoms with Gasteiger partial charge in [-0.15, -0.1) is 0 Å². The van der Waals surface area contributed by atoms with Gasteiger partial charge >= 0.3 is 6.03 Å². The van der Waals surface area contributed by atoms with Crippen LogP contribution in [0.2, 0.25) is 0 Å². The van der Waals surface area contributed by atoms with Gasteiger partial charge in [-0.1, -0.05) is 12.1 Å². The van der Waals surface area contributed by atoms with Crippen LogP contribution in [0.25, 0.3) is 0 Å². The molecule has 24 heavy (non-hydrogen) atoms. The van der Waals surface area contributed by atoms with Crippen LogP contribution < -0.4 is 5.32 Å². The highest BCUT2D eigenvalue weighted by Gasteiger charge is 2.17. The van der Waals surface area contributed by atoms with E-state index in [0.29, 0.717) is 12.3 Å². The van der Waals surface area contributed by atoms with Crippen LogP contribution in [-0.4, -0.2) is 29.2 Å². The molecule has 0 spiro atoms. The quantitative estimate of drug-likeness (QED) is 0.859. The molecule has 1 aromatic carbocycles. The number of nitrogens with one attached hydrogen (secondary N) is 1. The number of urea groups is 1. The van der Waals surface area contributed by atoms with Crippen molar-refractivity contribution in [3.05, 3.63) is 65.2 Å². The first kappa shape index (κ1) is 18.3. The third-order valence-corrected chi connectivity index (χ3v) is 4.57. The fraction of sp³-hybridized carbons (Fsp3) is 0.333. The molecule has 6 heteroatoms. The predicted molar refractivity (Wildman–Crippen MR) is 96.3 cm³/mol. The van der Waals surface area contributed by atoms with Crippen LogP contribution in [0.1, 0.15) is 29.7 Å². The number of halogens is 1. The highest BCUT2D eigenvalue weighted by molar-refractivity contribution is 7.97. The maximum Gasteiger partial charge on any atom is 0.317 e. The lowest BCUT2D eigenvalue weighted by molar-refractivity contribution is 0.194. The number of nitrogens with zero attached hydrogens (tertiary/aromatic N) is 2. The van der Waals surface area contributed by atoms with E-state index < -0.39 is 0 Å². The van der Waals surface area contributed by atoms with E-state index in [2.05, 4.69) is 10.3 Å². The van der Waals surface area contributed by atoms with E-state index in [1.165, 1.54) is 12.1 Å². The minimum Gasteiger partial charge on any atom is -0.334 e. The summed E-state index contributed by atoms with van der Waals surface area (Å²) in [6, 6.07) is 8.21. The minimum atomic E-state index is -0.253. The zero-order valence-corrected chi connectivity index (χ0v) is 14.9. The van der Waals surface area contributed by atoms with Gasteiger partial charge < -0.3 is 10.2 Å². The van der Waals surface area contributed by atoms with Crippen molar-refractivity contribution in [1.29, 1.82) is 0 Å². The molecular formula is C18H22FN3OS. The Morgan fingerprint density at radius 3 is 2.83 bits per heavy atom. The molecule has 0 aliphatic carbocycles. The van der Waals surface area contributed by atoms with Gasteiger partial charge in [-0.05, 0) is 48.1 Å². The molecule has 128 valence electrons. The summed E-state index contributed by atoms with van der Waals surface area (Å²) in [5, 5.41) is 2.90. The molecule has 0 saturated carbocycles. The van der Waals surface area contributed by atoms with Crippen LogP contribution in [0.5, 0.6) is 0 Å². The molecule has 1 heterocycles. The summed E-state index contributed by atoms with van der Waals surface area (Å²) < 4.78 is 13.4. The monoisotopic (exact) mass is 347 g/mol. The normalized spacial score (nSPS) is 11.8. The van der Waals surface area contributed by atoms with Crippen molar-refractivity contribution in [1.82, 2.24) is 15.2 Å². The summed E-state index contributed by atoms with van der Waals surface area (Å²) in [6.07, 6.45) is 5.43. The minimum absolute atomic E-state index is 0.0856. The van der Waals surface area contributed by atoms with Crippen LogP contribution in [0.15, 0.2) is 42.7 Å². The van der Waals surface area contributed by atoms with E-state index >= 15 is 0 Å². The number of pyridine rings is 1. The third kappa shape index (κ3) is 4.71. The van der Waals surface area contributed by atoms with Gasteiger partial charge in [-0.25, -0.2) is 9.18 Å². The molecule has 4 nitrogen and oxygen atoms in total. The van der Waals surface area contributed by atoms with Gasteiger partial charge in [-0.2, -0.15) is 11.8 Å². The number of aromatic nitrogens is 1. The van der Waals surface area contributed by atoms with Crippen LogP contribution >= 0.6 is 11.8 Å². The molecule has 0 radical (unpaired) electrons. The molecule has 1 atom stereocenters. The van der Waals surface area contributed by atoms with E-state index in [4.69, 9.17) is 0 Å². The summed E-state index contributed by atoms with van der Waals surface area (Å²) in [7, 11) is 1.75. The van der Waals surface area contributed by atoms with Crippen LogP contribution in [0, 0.1) is 5.82 Å². The van der Waals surface area contributed by atoms with Crippen LogP contribution in [-0.2, 0) is 12.3 Å². The van der Waals surface area contributed by atoms with Gasteiger partial charge in [0.1, 0.15) is 5.82 Å². The topological polar surface area (TPSA) is 45.2 Å². The Labute approximate surface area is 146 Å². The largest absolute Gasteiger partial charge is 0.334 e. The molecule has 0 saturated heterocycles. The molecular weight excluding hydrogens is 325 g/mol. The fourth-order valence-electron chi connectivity index (χ4n) is 2.37. The molecule has 2 aromatic rings. The van der Waals surface area contributed by atoms with E-state index in [0.717, 1.165) is 16.7 Å². The number of hydrogen-bond acceptors (Lipinski definition) is 3. The highest BCUT2D eigenvalue weighted by Crippen LogP contribution is 2.19. The molecule has 2 rings (SSSR count). The molecule has 0 aliphatic rings. The van der Waals surface area contributed by atoms with Gasteiger partial charge in [0.15, 0.2) is 0 Å². The van der Waals surface area contributed by atoms with Crippen molar-refractivity contribution in [3.63, 3.8) is 0 Å². The number of amides is 2. The Balaban J connectivity index is 2.00. The van der Waals surface area contributed by atoms with Gasteiger partial charge in [0.05, 0.1) is 6.04 Å². The second-order valence-electron chi connectivity index (χ2n) is 5.58. The first-order valence-corrected chi connectivity index (χ1v) is 9.09. The Bertz CT molecular complexity index is 681. The Morgan fingerprint density at radius 2 is 2.17 bits per heavy atom. The molecule has 0 unspecified atom stereocenters. The first-order valence-electron chi connectivity index (χ1n) is 7.69. The SMILES string of the molecule is CSCc1cc(F)ccc1CNC(=O)N(C)[C@H](C)c1cccnc1. The highest BCUT2D eigenvalue weighted by atomic mass is 32.2. The van der Waals surface area contributed by atoms with Crippen molar-refractivity contribution in [3.8, 4) is 0 Å². The van der Waals surface area contributed by atoms with Gasteiger partial charge in [0.2, 0.25) is 0 Å². The molecule has 0 aliphatic heterocycles. The van der Waals surface area contributed by atoms with Crippen LogP contribution in [0.3, 0.4) is 0 Å². The zero-order chi connectivity index (χ0) is 17.5. The maximum absolute atomic E-state index is 13.4. The van der Waals surface area contributed by atoms with Crippen molar-refractivity contribution in [2.75, 3.05) is 13.3 Å². The summed E-state index contributed by atoms with van der Waals surface area (Å²) in [5.74, 6) is 0.460. The van der Waals surface area contributed by atoms with E-state index in [-0.39, 0.29) is 17.9 Å². The van der Waals surface area contributed by atoms with Gasteiger partial charge in [-0.3, -0.25) is 4.98 Å². The average Bonchev–Trinajstić information content (AvgIpc) is 2.60. The van der Waals surface area contributed by atoms with Crippen molar-refractivity contribution < 1.29 is 9.18 Å². The zero-order valence-electron chi connectivity index (χ0n) is 14.1. The van der Waals surface area contributed by atoms with Crippen molar-refractivity contribution >= 4 is 17.8 Å². The smallest absolute Gasteiger partial charge is 0.317 e. The number of rotatable bonds is 6. The third-order valence-electron chi connectivity index (χ3n) is 3.97. The van der Waals surface area contributed by atoms with E-state index in [9.17, 15) is 9.18 Å². The number of thioether (sulfide) groups is 1. The Morgan fingerprint density at radius 1 is 1.38 bits per heavy atom. The van der Waals surface area contributed by atoms with Crippen LogP contribution in [0.4, 0.5) is 9.18 Å². The first-order chi connectivity index (χ1) is 11.5. The number of carbonyl (C=O) groups is 1. The molecule has 0 bridgehead atoms. The van der Waals surface area contributed by atoms with Gasteiger partial charge in [0, 0.05) is 31.7 Å². The summed E-state index contributed by atoms with van der Waals surface area (Å²) in [4.78, 5) is 18.1. The number of hydrogen-bond donors (Lipinski definition) is 1. The maximum atomic E-state index is 13.4. The lowest BCUT2D eigenvalue weighted by Gasteiger charge is -2.25. The summed E-state index contributed by atoms with van der Waals surface area (Å²) >= 11 is 1.62. The average molecular weight is 347 g/mol.